The van der Waals surface area contributed by atoms with Gasteiger partial charge in [0.25, 0.3) is 0 Å². The molecular formula is C19H22O4. The van der Waals surface area contributed by atoms with E-state index < -0.39 is 11.9 Å². The molecule has 0 spiro atoms. The minimum Gasteiger partial charge on any atom is -0.497 e. The molecule has 0 saturated heterocycles. The maximum atomic E-state index is 11.9. The Kier molecular flexibility index (Phi) is 5.27. The van der Waals surface area contributed by atoms with Crippen LogP contribution in [-0.2, 0) is 11.2 Å². The van der Waals surface area contributed by atoms with Crippen molar-refractivity contribution in [3.63, 3.8) is 0 Å². The van der Waals surface area contributed by atoms with Crippen LogP contribution in [0, 0.1) is 13.8 Å². The van der Waals surface area contributed by atoms with Gasteiger partial charge in [-0.2, -0.15) is 0 Å². The van der Waals surface area contributed by atoms with Gasteiger partial charge in [0.1, 0.15) is 11.5 Å². The Balaban J connectivity index is 2.46. The Morgan fingerprint density at radius 2 is 1.83 bits per heavy atom. The number of hydrogen-bond acceptors (Lipinski definition) is 3. The number of benzene rings is 2. The number of hydrogen-bond donors (Lipinski definition) is 1. The fraction of sp³-hybridized carbons (Fsp3) is 0.316. The van der Waals surface area contributed by atoms with Gasteiger partial charge in [0.05, 0.1) is 20.1 Å². The molecule has 1 N–H and O–H groups in total. The second-order valence-electron chi connectivity index (χ2n) is 5.63. The zero-order valence-corrected chi connectivity index (χ0v) is 13.9. The number of carbonyl (C=O) groups is 1. The number of rotatable bonds is 6. The highest BCUT2D eigenvalue weighted by atomic mass is 16.5. The van der Waals surface area contributed by atoms with Gasteiger partial charge >= 0.3 is 5.97 Å². The van der Waals surface area contributed by atoms with Gasteiger partial charge in [-0.25, -0.2) is 0 Å². The Bertz CT molecular complexity index is 707. The van der Waals surface area contributed by atoms with Crippen LogP contribution < -0.4 is 9.47 Å². The first-order valence-corrected chi connectivity index (χ1v) is 7.47. The van der Waals surface area contributed by atoms with Crippen molar-refractivity contribution in [2.24, 2.45) is 0 Å². The molecule has 0 aromatic heterocycles. The van der Waals surface area contributed by atoms with Crippen LogP contribution in [0.25, 0.3) is 0 Å². The smallest absolute Gasteiger partial charge is 0.311 e. The monoisotopic (exact) mass is 314 g/mol. The molecule has 0 aliphatic heterocycles. The van der Waals surface area contributed by atoms with E-state index in [4.69, 9.17) is 9.47 Å². The number of methoxy groups -OCH3 is 2. The highest BCUT2D eigenvalue weighted by molar-refractivity contribution is 5.78. The van der Waals surface area contributed by atoms with E-state index in [1.807, 2.05) is 32.0 Å². The molecule has 2 aromatic carbocycles. The summed E-state index contributed by atoms with van der Waals surface area (Å²) in [5.41, 5.74) is 3.86. The third-order valence-corrected chi connectivity index (χ3v) is 4.04. The van der Waals surface area contributed by atoms with Crippen molar-refractivity contribution in [1.29, 1.82) is 0 Å². The topological polar surface area (TPSA) is 55.8 Å². The summed E-state index contributed by atoms with van der Waals surface area (Å²) < 4.78 is 10.6. The Morgan fingerprint density at radius 3 is 2.43 bits per heavy atom. The highest BCUT2D eigenvalue weighted by Crippen LogP contribution is 2.33. The molecule has 0 heterocycles. The number of ether oxygens (including phenoxy) is 2. The molecular weight excluding hydrogens is 292 g/mol. The molecule has 122 valence electrons. The van der Waals surface area contributed by atoms with E-state index in [1.54, 1.807) is 32.4 Å². The van der Waals surface area contributed by atoms with E-state index in [2.05, 4.69) is 0 Å². The summed E-state index contributed by atoms with van der Waals surface area (Å²) in [5.74, 6) is -0.394. The summed E-state index contributed by atoms with van der Waals surface area (Å²) in [7, 11) is 3.11. The number of aliphatic carboxylic acids is 1. The molecule has 23 heavy (non-hydrogen) atoms. The molecule has 1 unspecified atom stereocenters. The van der Waals surface area contributed by atoms with Gasteiger partial charge < -0.3 is 14.6 Å². The molecule has 4 nitrogen and oxygen atoms in total. The molecule has 0 radical (unpaired) electrons. The van der Waals surface area contributed by atoms with E-state index in [1.165, 1.54) is 0 Å². The molecule has 0 fully saturated rings. The summed E-state index contributed by atoms with van der Waals surface area (Å²) in [6.45, 7) is 4.00. The standard InChI is InChI=1S/C19H22O4/c1-12-5-6-13(2)14(9-12)10-17(19(20)21)16-11-15(22-3)7-8-18(16)23-4/h5-9,11,17H,10H2,1-4H3,(H,20,21). The Hall–Kier alpha value is -2.49. The van der Waals surface area contributed by atoms with Gasteiger partial charge in [-0.15, -0.1) is 0 Å². The zero-order valence-electron chi connectivity index (χ0n) is 13.9. The van der Waals surface area contributed by atoms with Crippen LogP contribution >= 0.6 is 0 Å². The van der Waals surface area contributed by atoms with Gasteiger partial charge in [-0.05, 0) is 49.6 Å². The van der Waals surface area contributed by atoms with E-state index in [0.717, 1.165) is 16.7 Å². The summed E-state index contributed by atoms with van der Waals surface area (Å²) in [4.78, 5) is 11.9. The lowest BCUT2D eigenvalue weighted by molar-refractivity contribution is -0.138. The first kappa shape index (κ1) is 16.9. The predicted octanol–water partition coefficient (Wildman–Crippen LogP) is 3.73. The third-order valence-electron chi connectivity index (χ3n) is 4.04. The fourth-order valence-electron chi connectivity index (χ4n) is 2.68. The maximum Gasteiger partial charge on any atom is 0.311 e. The van der Waals surface area contributed by atoms with Crippen LogP contribution in [0.2, 0.25) is 0 Å². The first-order chi connectivity index (χ1) is 11.0. The van der Waals surface area contributed by atoms with Gasteiger partial charge in [0, 0.05) is 5.56 Å². The van der Waals surface area contributed by atoms with Crippen LogP contribution in [-0.4, -0.2) is 25.3 Å². The first-order valence-electron chi connectivity index (χ1n) is 7.47. The Morgan fingerprint density at radius 1 is 1.09 bits per heavy atom. The summed E-state index contributed by atoms with van der Waals surface area (Å²) >= 11 is 0. The SMILES string of the molecule is COc1ccc(OC)c(C(Cc2cc(C)ccc2C)C(=O)O)c1. The van der Waals surface area contributed by atoms with Crippen molar-refractivity contribution in [1.82, 2.24) is 0 Å². The van der Waals surface area contributed by atoms with Crippen molar-refractivity contribution in [3.8, 4) is 11.5 Å². The second kappa shape index (κ2) is 7.18. The zero-order chi connectivity index (χ0) is 17.0. The van der Waals surface area contributed by atoms with Crippen molar-refractivity contribution >= 4 is 5.97 Å². The van der Waals surface area contributed by atoms with Gasteiger partial charge in [-0.3, -0.25) is 4.79 Å². The van der Waals surface area contributed by atoms with Crippen molar-refractivity contribution in [2.45, 2.75) is 26.2 Å². The van der Waals surface area contributed by atoms with Crippen LogP contribution in [0.4, 0.5) is 0 Å². The lowest BCUT2D eigenvalue weighted by atomic mass is 9.89. The average molecular weight is 314 g/mol. The molecule has 2 rings (SSSR count). The van der Waals surface area contributed by atoms with Crippen molar-refractivity contribution in [2.75, 3.05) is 14.2 Å². The molecule has 0 saturated carbocycles. The summed E-state index contributed by atoms with van der Waals surface area (Å²) in [6, 6.07) is 11.3. The van der Waals surface area contributed by atoms with Gasteiger partial charge in [0.15, 0.2) is 0 Å². The number of carboxylic acid groups (broad SMARTS) is 1. The van der Waals surface area contributed by atoms with E-state index >= 15 is 0 Å². The third kappa shape index (κ3) is 3.83. The average Bonchev–Trinajstić information content (AvgIpc) is 2.54. The van der Waals surface area contributed by atoms with Gasteiger partial charge in [0.2, 0.25) is 0 Å². The highest BCUT2D eigenvalue weighted by Gasteiger charge is 2.25. The largest absolute Gasteiger partial charge is 0.497 e. The molecule has 2 aromatic rings. The molecule has 1 atom stereocenters. The normalized spacial score (nSPS) is 11.8. The molecule has 0 aliphatic carbocycles. The summed E-state index contributed by atoms with van der Waals surface area (Å²) in [5, 5.41) is 9.74. The van der Waals surface area contributed by atoms with E-state index in [0.29, 0.717) is 23.5 Å². The molecule has 4 heteroatoms. The number of carboxylic acids is 1. The fourth-order valence-corrected chi connectivity index (χ4v) is 2.68. The van der Waals surface area contributed by atoms with Crippen LogP contribution in [0.3, 0.4) is 0 Å². The summed E-state index contributed by atoms with van der Waals surface area (Å²) in [6.07, 6.45) is 0.409. The number of aryl methyl sites for hydroxylation is 2. The molecule has 0 aliphatic rings. The maximum absolute atomic E-state index is 11.9. The minimum atomic E-state index is -0.877. The van der Waals surface area contributed by atoms with Gasteiger partial charge in [-0.1, -0.05) is 23.8 Å². The molecule has 0 amide bonds. The van der Waals surface area contributed by atoms with Crippen LogP contribution in [0.1, 0.15) is 28.2 Å². The van der Waals surface area contributed by atoms with E-state index in [9.17, 15) is 9.90 Å². The lowest BCUT2D eigenvalue weighted by Gasteiger charge is -2.18. The second-order valence-corrected chi connectivity index (χ2v) is 5.63. The lowest BCUT2D eigenvalue weighted by Crippen LogP contribution is -2.16. The van der Waals surface area contributed by atoms with Crippen LogP contribution in [0.15, 0.2) is 36.4 Å². The van der Waals surface area contributed by atoms with Crippen LogP contribution in [0.5, 0.6) is 11.5 Å². The quantitative estimate of drug-likeness (QED) is 0.882. The predicted molar refractivity (Wildman–Crippen MR) is 89.5 cm³/mol. The Labute approximate surface area is 136 Å². The van der Waals surface area contributed by atoms with E-state index in [-0.39, 0.29) is 0 Å². The van der Waals surface area contributed by atoms with Crippen molar-refractivity contribution < 1.29 is 19.4 Å². The van der Waals surface area contributed by atoms with Crippen molar-refractivity contribution in [3.05, 3.63) is 58.7 Å². The molecule has 0 bridgehead atoms. The minimum absolute atomic E-state index is 0.409.